The van der Waals surface area contributed by atoms with Crippen molar-refractivity contribution in [2.45, 2.75) is 43.7 Å². The third kappa shape index (κ3) is 3.41. The Labute approximate surface area is 172 Å². The summed E-state index contributed by atoms with van der Waals surface area (Å²) in [5, 5.41) is 0. The quantitative estimate of drug-likeness (QED) is 0.732. The van der Waals surface area contributed by atoms with Crippen LogP contribution in [-0.2, 0) is 9.59 Å². The van der Waals surface area contributed by atoms with Gasteiger partial charge in [0.05, 0.1) is 6.04 Å². The fourth-order valence-electron chi connectivity index (χ4n) is 5.08. The molecule has 4 amide bonds. The molecule has 1 saturated carbocycles. The molecule has 0 aromatic heterocycles. The number of carbonyl (C=O) groups excluding carboxylic acids is 3. The number of rotatable bonds is 3. The zero-order valence-electron chi connectivity index (χ0n) is 17.3. The third-order valence-electron chi connectivity index (χ3n) is 6.87. The van der Waals surface area contributed by atoms with Crippen LogP contribution in [0.5, 0.6) is 0 Å². The van der Waals surface area contributed by atoms with E-state index in [9.17, 15) is 14.4 Å². The van der Waals surface area contributed by atoms with Gasteiger partial charge in [0.1, 0.15) is 12.1 Å². The molecule has 7 nitrogen and oxygen atoms in total. The largest absolute Gasteiger partial charge is 0.332 e. The van der Waals surface area contributed by atoms with Crippen molar-refractivity contribution < 1.29 is 14.4 Å². The normalized spacial score (nSPS) is 25.2. The van der Waals surface area contributed by atoms with Gasteiger partial charge in [-0.2, -0.15) is 0 Å². The number of carbonyl (C=O) groups is 3. The molecular weight excluding hydrogens is 368 g/mol. The fourth-order valence-corrected chi connectivity index (χ4v) is 5.08. The Balaban J connectivity index is 1.53. The Hall–Kier alpha value is -2.41. The van der Waals surface area contributed by atoms with Gasteiger partial charge in [-0.25, -0.2) is 4.79 Å². The first-order valence-corrected chi connectivity index (χ1v) is 10.6. The number of piperazine rings is 1. The van der Waals surface area contributed by atoms with E-state index in [1.54, 1.807) is 11.9 Å². The van der Waals surface area contributed by atoms with E-state index in [0.717, 1.165) is 37.9 Å². The molecule has 1 aromatic carbocycles. The van der Waals surface area contributed by atoms with Gasteiger partial charge in [0.15, 0.2) is 0 Å². The molecule has 3 fully saturated rings. The molecule has 0 unspecified atom stereocenters. The summed E-state index contributed by atoms with van der Waals surface area (Å²) in [6, 6.07) is 9.56. The van der Waals surface area contributed by atoms with Crippen molar-refractivity contribution in [1.29, 1.82) is 0 Å². The van der Waals surface area contributed by atoms with Gasteiger partial charge in [0.25, 0.3) is 5.91 Å². The predicted molar refractivity (Wildman–Crippen MR) is 109 cm³/mol. The van der Waals surface area contributed by atoms with E-state index in [2.05, 4.69) is 4.90 Å². The molecule has 7 heteroatoms. The number of hydrogen-bond donors (Lipinski definition) is 0. The molecule has 0 N–H and O–H groups in total. The molecule has 156 valence electrons. The minimum absolute atomic E-state index is 0.0726. The molecule has 29 heavy (non-hydrogen) atoms. The molecule has 1 aliphatic carbocycles. The highest BCUT2D eigenvalue weighted by atomic mass is 16.2. The standard InChI is InChI=1S/C22H30N4O3/c1-23-13-14-25(18(15-23)17-9-5-3-6-10-17)19(27)16-26-20(28)22(24(2)21(26)29)11-7-4-8-12-22/h3,5-6,9-10,18H,4,7-8,11-16H2,1-2H3/t18-/m0/s1. The van der Waals surface area contributed by atoms with Gasteiger partial charge in [-0.15, -0.1) is 0 Å². The van der Waals surface area contributed by atoms with Crippen LogP contribution in [0.1, 0.15) is 43.7 Å². The zero-order valence-corrected chi connectivity index (χ0v) is 17.3. The van der Waals surface area contributed by atoms with Crippen molar-refractivity contribution in [3.63, 3.8) is 0 Å². The fraction of sp³-hybridized carbons (Fsp3) is 0.591. The Morgan fingerprint density at radius 1 is 1.03 bits per heavy atom. The number of hydrogen-bond acceptors (Lipinski definition) is 4. The van der Waals surface area contributed by atoms with E-state index in [1.807, 2.05) is 42.3 Å². The maximum Gasteiger partial charge on any atom is 0.327 e. The van der Waals surface area contributed by atoms with Gasteiger partial charge < -0.3 is 14.7 Å². The van der Waals surface area contributed by atoms with E-state index >= 15 is 0 Å². The van der Waals surface area contributed by atoms with Crippen LogP contribution >= 0.6 is 0 Å². The molecule has 0 radical (unpaired) electrons. The second kappa shape index (κ2) is 7.78. The predicted octanol–water partition coefficient (Wildman–Crippen LogP) is 2.10. The molecule has 1 atom stereocenters. The monoisotopic (exact) mass is 398 g/mol. The number of urea groups is 1. The lowest BCUT2D eigenvalue weighted by molar-refractivity contribution is -0.143. The summed E-state index contributed by atoms with van der Waals surface area (Å²) >= 11 is 0. The molecule has 1 aromatic rings. The highest BCUT2D eigenvalue weighted by Gasteiger charge is 2.56. The molecule has 2 aliphatic heterocycles. The summed E-state index contributed by atoms with van der Waals surface area (Å²) in [5.74, 6) is -0.349. The SMILES string of the molecule is CN1CCN(C(=O)CN2C(=O)N(C)C3(CCCCC3)C2=O)[C@H](c2ccccc2)C1. The lowest BCUT2D eigenvalue weighted by atomic mass is 9.81. The average Bonchev–Trinajstić information content (AvgIpc) is 2.91. The molecule has 2 saturated heterocycles. The number of likely N-dealkylation sites (N-methyl/N-ethyl adjacent to an activating group) is 2. The molecule has 2 heterocycles. The Morgan fingerprint density at radius 3 is 2.41 bits per heavy atom. The molecule has 1 spiro atoms. The highest BCUT2D eigenvalue weighted by molar-refractivity contribution is 6.09. The van der Waals surface area contributed by atoms with Crippen LogP contribution in [0.25, 0.3) is 0 Å². The number of nitrogens with zero attached hydrogens (tertiary/aromatic N) is 4. The van der Waals surface area contributed by atoms with Crippen LogP contribution < -0.4 is 0 Å². The Morgan fingerprint density at radius 2 is 1.72 bits per heavy atom. The van der Waals surface area contributed by atoms with Crippen molar-refractivity contribution in [3.05, 3.63) is 35.9 Å². The molecular formula is C22H30N4O3. The number of imide groups is 1. The van der Waals surface area contributed by atoms with Gasteiger partial charge in [0.2, 0.25) is 5.91 Å². The summed E-state index contributed by atoms with van der Waals surface area (Å²) in [7, 11) is 3.76. The summed E-state index contributed by atoms with van der Waals surface area (Å²) in [5.41, 5.74) is 0.337. The van der Waals surface area contributed by atoms with Crippen molar-refractivity contribution in [3.8, 4) is 0 Å². The van der Waals surface area contributed by atoms with Crippen LogP contribution in [0.4, 0.5) is 4.79 Å². The maximum atomic E-state index is 13.3. The van der Waals surface area contributed by atoms with Gasteiger partial charge in [0, 0.05) is 26.7 Å². The minimum Gasteiger partial charge on any atom is -0.332 e. The van der Waals surface area contributed by atoms with E-state index < -0.39 is 5.54 Å². The minimum atomic E-state index is -0.740. The first-order chi connectivity index (χ1) is 13.9. The smallest absolute Gasteiger partial charge is 0.327 e. The summed E-state index contributed by atoms with van der Waals surface area (Å²) in [6.45, 7) is 1.94. The van der Waals surface area contributed by atoms with Gasteiger partial charge in [-0.3, -0.25) is 14.5 Å². The van der Waals surface area contributed by atoms with Crippen molar-refractivity contribution in [1.82, 2.24) is 19.6 Å². The Bertz CT molecular complexity index is 791. The average molecular weight is 399 g/mol. The first-order valence-electron chi connectivity index (χ1n) is 10.6. The van der Waals surface area contributed by atoms with Crippen molar-refractivity contribution in [2.75, 3.05) is 40.3 Å². The van der Waals surface area contributed by atoms with Gasteiger partial charge in [-0.1, -0.05) is 49.6 Å². The second-order valence-corrected chi connectivity index (χ2v) is 8.60. The Kier molecular flexibility index (Phi) is 5.34. The van der Waals surface area contributed by atoms with Gasteiger partial charge in [-0.05, 0) is 25.5 Å². The van der Waals surface area contributed by atoms with E-state index in [-0.39, 0.29) is 30.4 Å². The number of benzene rings is 1. The molecule has 0 bridgehead atoms. The zero-order chi connectivity index (χ0) is 20.6. The summed E-state index contributed by atoms with van der Waals surface area (Å²) < 4.78 is 0. The van der Waals surface area contributed by atoms with Crippen LogP contribution in [-0.4, -0.2) is 83.3 Å². The van der Waals surface area contributed by atoms with Crippen molar-refractivity contribution in [2.24, 2.45) is 0 Å². The topological polar surface area (TPSA) is 64.2 Å². The van der Waals surface area contributed by atoms with Crippen molar-refractivity contribution >= 4 is 17.8 Å². The van der Waals surface area contributed by atoms with Crippen LogP contribution in [0, 0.1) is 0 Å². The highest BCUT2D eigenvalue weighted by Crippen LogP contribution is 2.39. The number of amides is 4. The van der Waals surface area contributed by atoms with Gasteiger partial charge >= 0.3 is 6.03 Å². The van der Waals surface area contributed by atoms with Crippen LogP contribution in [0.15, 0.2) is 30.3 Å². The maximum absolute atomic E-state index is 13.3. The molecule has 3 aliphatic rings. The third-order valence-corrected chi connectivity index (χ3v) is 6.87. The summed E-state index contributed by atoms with van der Waals surface area (Å²) in [4.78, 5) is 46.1. The second-order valence-electron chi connectivity index (χ2n) is 8.60. The lowest BCUT2D eigenvalue weighted by Gasteiger charge is -2.40. The first kappa shape index (κ1) is 19.9. The van der Waals surface area contributed by atoms with E-state index in [4.69, 9.17) is 0 Å². The lowest BCUT2D eigenvalue weighted by Crippen LogP contribution is -2.53. The van der Waals surface area contributed by atoms with Crippen LogP contribution in [0.2, 0.25) is 0 Å². The van der Waals surface area contributed by atoms with E-state index in [0.29, 0.717) is 19.4 Å². The molecule has 4 rings (SSSR count). The summed E-state index contributed by atoms with van der Waals surface area (Å²) in [6.07, 6.45) is 4.37. The van der Waals surface area contributed by atoms with Crippen LogP contribution in [0.3, 0.4) is 0 Å². The van der Waals surface area contributed by atoms with E-state index in [1.165, 1.54) is 4.90 Å².